The van der Waals surface area contributed by atoms with Gasteiger partial charge in [-0.2, -0.15) is 5.10 Å². The number of ether oxygens (including phenoxy) is 2. The van der Waals surface area contributed by atoms with Crippen molar-refractivity contribution in [3.05, 3.63) is 0 Å². The molecule has 0 aliphatic heterocycles. The minimum atomic E-state index is -0.918. The van der Waals surface area contributed by atoms with Crippen LogP contribution in [-0.2, 0) is 19.1 Å². The van der Waals surface area contributed by atoms with Crippen molar-refractivity contribution in [1.29, 1.82) is 0 Å². The van der Waals surface area contributed by atoms with Crippen molar-refractivity contribution in [2.75, 3.05) is 20.8 Å². The smallest absolute Gasteiger partial charge is 0.430 e. The lowest BCUT2D eigenvalue weighted by Gasteiger charge is -2.25. The molecule has 0 aromatic rings. The standard InChI is InChI=1S/C15H24N2O5/c1-15(2,3)22-14(20)17(4)16-10-7-6-8-11(18)13(10)12(19)9-21-5/h13H,6-9H2,1-5H3/b16-10-. The molecule has 22 heavy (non-hydrogen) atoms. The summed E-state index contributed by atoms with van der Waals surface area (Å²) in [5.74, 6) is -1.42. The van der Waals surface area contributed by atoms with E-state index < -0.39 is 17.6 Å². The Morgan fingerprint density at radius 1 is 1.32 bits per heavy atom. The molecule has 0 heterocycles. The van der Waals surface area contributed by atoms with Crippen molar-refractivity contribution in [1.82, 2.24) is 5.01 Å². The SMILES string of the molecule is COCC(=O)C1C(=O)CCC/C1=N/N(C)C(=O)OC(C)(C)C. The van der Waals surface area contributed by atoms with Crippen LogP contribution in [0, 0.1) is 5.92 Å². The Hall–Kier alpha value is -1.76. The number of nitrogens with zero attached hydrogens (tertiary/aromatic N) is 2. The molecule has 1 fully saturated rings. The third-order valence-electron chi connectivity index (χ3n) is 3.06. The highest BCUT2D eigenvalue weighted by Crippen LogP contribution is 2.21. The van der Waals surface area contributed by atoms with Gasteiger partial charge in [-0.1, -0.05) is 0 Å². The summed E-state index contributed by atoms with van der Waals surface area (Å²) >= 11 is 0. The van der Waals surface area contributed by atoms with Gasteiger partial charge in [0.2, 0.25) is 0 Å². The third kappa shape index (κ3) is 5.22. The number of hydrogen-bond donors (Lipinski definition) is 0. The van der Waals surface area contributed by atoms with Gasteiger partial charge in [-0.05, 0) is 33.6 Å². The summed E-state index contributed by atoms with van der Waals surface area (Å²) in [5, 5.41) is 5.17. The molecule has 1 aliphatic carbocycles. The molecule has 0 bridgehead atoms. The molecule has 0 spiro atoms. The fraction of sp³-hybridized carbons (Fsp3) is 0.733. The van der Waals surface area contributed by atoms with Crippen LogP contribution in [0.5, 0.6) is 0 Å². The van der Waals surface area contributed by atoms with E-state index in [1.165, 1.54) is 14.2 Å². The van der Waals surface area contributed by atoms with Crippen LogP contribution >= 0.6 is 0 Å². The monoisotopic (exact) mass is 312 g/mol. The predicted octanol–water partition coefficient (Wildman–Crippen LogP) is 1.79. The van der Waals surface area contributed by atoms with E-state index in [1.54, 1.807) is 20.8 Å². The van der Waals surface area contributed by atoms with E-state index in [9.17, 15) is 14.4 Å². The van der Waals surface area contributed by atoms with Crippen molar-refractivity contribution in [2.24, 2.45) is 11.0 Å². The Labute approximate surface area is 130 Å². The zero-order valence-corrected chi connectivity index (χ0v) is 13.8. The zero-order chi connectivity index (χ0) is 16.9. The van der Waals surface area contributed by atoms with E-state index in [2.05, 4.69) is 5.10 Å². The second kappa shape index (κ2) is 7.49. The van der Waals surface area contributed by atoms with Crippen LogP contribution in [0.2, 0.25) is 0 Å². The second-order valence-electron chi connectivity index (χ2n) is 6.25. The van der Waals surface area contributed by atoms with E-state index in [4.69, 9.17) is 9.47 Å². The maximum absolute atomic E-state index is 12.0. The Morgan fingerprint density at radius 2 is 1.95 bits per heavy atom. The number of Topliss-reactive ketones (excluding diaryl/α,β-unsaturated/α-hetero) is 2. The van der Waals surface area contributed by atoms with Gasteiger partial charge in [-0.3, -0.25) is 9.59 Å². The van der Waals surface area contributed by atoms with Crippen LogP contribution in [0.3, 0.4) is 0 Å². The van der Waals surface area contributed by atoms with Crippen LogP contribution in [0.1, 0.15) is 40.0 Å². The molecular weight excluding hydrogens is 288 g/mol. The van der Waals surface area contributed by atoms with Gasteiger partial charge in [0, 0.05) is 20.6 Å². The quantitative estimate of drug-likeness (QED) is 0.583. The van der Waals surface area contributed by atoms with Gasteiger partial charge in [-0.15, -0.1) is 0 Å². The van der Waals surface area contributed by atoms with Gasteiger partial charge in [-0.25, -0.2) is 9.80 Å². The normalized spacial score (nSPS) is 20.9. The molecule has 0 aromatic carbocycles. The van der Waals surface area contributed by atoms with Gasteiger partial charge < -0.3 is 9.47 Å². The molecule has 1 unspecified atom stereocenters. The van der Waals surface area contributed by atoms with E-state index in [1.807, 2.05) is 0 Å². The van der Waals surface area contributed by atoms with Crippen molar-refractivity contribution in [3.8, 4) is 0 Å². The van der Waals surface area contributed by atoms with Crippen LogP contribution in [0.4, 0.5) is 4.79 Å². The minimum Gasteiger partial charge on any atom is -0.442 e. The molecule has 7 nitrogen and oxygen atoms in total. The second-order valence-corrected chi connectivity index (χ2v) is 6.25. The summed E-state index contributed by atoms with van der Waals surface area (Å²) in [5.41, 5.74) is -0.245. The number of carbonyl (C=O) groups excluding carboxylic acids is 3. The Kier molecular flexibility index (Phi) is 6.22. The molecular formula is C15H24N2O5. The Morgan fingerprint density at radius 3 is 2.50 bits per heavy atom. The summed E-state index contributed by atoms with van der Waals surface area (Å²) in [6, 6.07) is 0. The summed E-state index contributed by atoms with van der Waals surface area (Å²) in [7, 11) is 2.84. The number of methoxy groups -OCH3 is 1. The fourth-order valence-corrected chi connectivity index (χ4v) is 2.18. The molecule has 0 aromatic heterocycles. The molecule has 1 amide bonds. The van der Waals surface area contributed by atoms with Crippen LogP contribution in [0.25, 0.3) is 0 Å². The summed E-state index contributed by atoms with van der Waals surface area (Å²) in [6.07, 6.45) is 0.834. The molecule has 1 saturated carbocycles. The lowest BCUT2D eigenvalue weighted by Crippen LogP contribution is -2.39. The largest absolute Gasteiger partial charge is 0.442 e. The Bertz CT molecular complexity index is 479. The molecule has 1 atom stereocenters. The maximum atomic E-state index is 12.0. The van der Waals surface area contributed by atoms with Gasteiger partial charge >= 0.3 is 6.09 Å². The number of ketones is 2. The number of amides is 1. The fourth-order valence-electron chi connectivity index (χ4n) is 2.18. The highest BCUT2D eigenvalue weighted by molar-refractivity contribution is 6.22. The number of carbonyl (C=O) groups is 3. The summed E-state index contributed by atoms with van der Waals surface area (Å²) < 4.78 is 10.0. The van der Waals surface area contributed by atoms with Crippen molar-refractivity contribution >= 4 is 23.4 Å². The van der Waals surface area contributed by atoms with Crippen LogP contribution in [0.15, 0.2) is 5.10 Å². The zero-order valence-electron chi connectivity index (χ0n) is 13.8. The van der Waals surface area contributed by atoms with Crippen LogP contribution in [-0.4, -0.2) is 54.7 Å². The number of rotatable bonds is 4. The summed E-state index contributed by atoms with van der Waals surface area (Å²) in [4.78, 5) is 36.0. The topological polar surface area (TPSA) is 85.3 Å². The Balaban J connectivity index is 2.91. The third-order valence-corrected chi connectivity index (χ3v) is 3.06. The molecule has 0 radical (unpaired) electrons. The first-order chi connectivity index (χ1) is 10.2. The summed E-state index contributed by atoms with van der Waals surface area (Å²) in [6.45, 7) is 5.11. The molecule has 124 valence electrons. The number of hydrogen-bond acceptors (Lipinski definition) is 6. The van der Waals surface area contributed by atoms with E-state index in [0.717, 1.165) is 5.01 Å². The average Bonchev–Trinajstić information content (AvgIpc) is 2.36. The minimum absolute atomic E-state index is 0.147. The number of hydrazone groups is 1. The van der Waals surface area contributed by atoms with Gasteiger partial charge in [0.15, 0.2) is 5.78 Å². The van der Waals surface area contributed by atoms with Gasteiger partial charge in [0.25, 0.3) is 0 Å². The van der Waals surface area contributed by atoms with Crippen molar-refractivity contribution in [2.45, 2.75) is 45.6 Å². The first-order valence-corrected chi connectivity index (χ1v) is 7.24. The molecule has 1 aliphatic rings. The molecule has 7 heteroatoms. The van der Waals surface area contributed by atoms with E-state index in [0.29, 0.717) is 25.0 Å². The molecule has 0 N–H and O–H groups in total. The van der Waals surface area contributed by atoms with Crippen molar-refractivity contribution in [3.63, 3.8) is 0 Å². The van der Waals surface area contributed by atoms with Gasteiger partial charge in [0.1, 0.15) is 23.9 Å². The molecule has 1 rings (SSSR count). The van der Waals surface area contributed by atoms with Crippen molar-refractivity contribution < 1.29 is 23.9 Å². The molecule has 0 saturated heterocycles. The first-order valence-electron chi connectivity index (χ1n) is 7.24. The van der Waals surface area contributed by atoms with E-state index in [-0.39, 0.29) is 18.2 Å². The average molecular weight is 312 g/mol. The predicted molar refractivity (Wildman–Crippen MR) is 80.7 cm³/mol. The lowest BCUT2D eigenvalue weighted by atomic mass is 9.83. The lowest BCUT2D eigenvalue weighted by molar-refractivity contribution is -0.132. The maximum Gasteiger partial charge on any atom is 0.430 e. The highest BCUT2D eigenvalue weighted by atomic mass is 16.6. The van der Waals surface area contributed by atoms with Gasteiger partial charge in [0.05, 0.1) is 5.71 Å². The van der Waals surface area contributed by atoms with Crippen LogP contribution < -0.4 is 0 Å². The first kappa shape index (κ1) is 18.3. The highest BCUT2D eigenvalue weighted by Gasteiger charge is 2.35. The van der Waals surface area contributed by atoms with E-state index >= 15 is 0 Å².